The standard InChI is InChI=1S/C15H22BNO3.C9H8BrNO2.C9H10BrNO.C6H6BrNO.C3H4Br2O.CH2O3.2K.H/c1-10-9-17-12-8-11(6-7-13(12)18-10)16-19-14(2,3)15(4,5)20-16;1-5-9(12)11-7-4-6(10)2-3-8(7)13-5;1-6-5-11-8-4-7(10)2-3-9(8)12-6;7-4-1-2-6(9)5(8)3-4;1-2(4)3(5)6;2-1-4-3;;;/h6-8,10,17H,9H2,1-5H3;2-5H,1H3,(H,11,12);2-4,6,11H,5H2,1H3;1-3,9H,8H2;2H,1H3;1,3H;;;/q;;;;;;2*+1;-1/p-1. The van der Waals surface area contributed by atoms with Gasteiger partial charge < -0.3 is 61.9 Å². The summed E-state index contributed by atoms with van der Waals surface area (Å²) >= 11 is 15.7. The fraction of sp³-hybridized carbons (Fsp3) is 0.372. The molecule has 6 N–H and O–H groups in total. The maximum absolute atomic E-state index is 11.2. The van der Waals surface area contributed by atoms with Gasteiger partial charge in [0, 0.05) is 13.4 Å². The van der Waals surface area contributed by atoms with Gasteiger partial charge >= 0.3 is 110 Å². The molecule has 0 aromatic heterocycles. The Morgan fingerprint density at radius 1 is 0.818 bits per heavy atom. The summed E-state index contributed by atoms with van der Waals surface area (Å²) in [6.45, 7) is 17.4. The summed E-state index contributed by atoms with van der Waals surface area (Å²) in [7, 11) is -0.327. The SMILES string of the molecule is CC(Br)C(=O)Br.CC1CNc2cc(B3OC(C)(C)C(C)(C)O3)ccc2O1.CC1CNc2cc(Br)ccc2O1.CC1Oc2ccc(Br)cc2NC1=O.Nc1cc(Br)ccc1O.O=CO[O-].[H-].[K+].[K+]. The Kier molecular flexibility index (Phi) is 29.5. The zero-order chi connectivity index (χ0) is 47.9. The summed E-state index contributed by atoms with van der Waals surface area (Å²) in [5.74, 6) is 2.57. The van der Waals surface area contributed by atoms with E-state index in [0.29, 0.717) is 5.69 Å². The van der Waals surface area contributed by atoms with Crippen molar-refractivity contribution in [3.8, 4) is 23.0 Å². The van der Waals surface area contributed by atoms with E-state index in [-0.39, 0.29) is 162 Å². The topological polar surface area (TPSA) is 212 Å². The number of amides is 1. The molecule has 8 rings (SSSR count). The van der Waals surface area contributed by atoms with Gasteiger partial charge in [0.25, 0.3) is 12.4 Å². The Balaban J connectivity index is 0.000000824. The van der Waals surface area contributed by atoms with Gasteiger partial charge in [-0.05, 0) is 144 Å². The molecule has 23 heteroatoms. The number of rotatable bonds is 3. The molecule has 66 heavy (non-hydrogen) atoms. The van der Waals surface area contributed by atoms with Crippen LogP contribution in [0.2, 0.25) is 0 Å². The predicted molar refractivity (Wildman–Crippen MR) is 267 cm³/mol. The summed E-state index contributed by atoms with van der Waals surface area (Å²) in [5, 5.41) is 26.8. The van der Waals surface area contributed by atoms with E-state index >= 15 is 0 Å². The van der Waals surface area contributed by atoms with E-state index in [1.54, 1.807) is 32.0 Å². The number of halogens is 5. The Labute approximate surface area is 515 Å². The normalized spacial score (nSPS) is 18.7. The Morgan fingerprint density at radius 2 is 1.23 bits per heavy atom. The number of carbonyl (C=O) groups excluding carboxylic acids is 3. The molecule has 4 aromatic rings. The van der Waals surface area contributed by atoms with Crippen molar-refractivity contribution in [3.05, 3.63) is 86.2 Å². The van der Waals surface area contributed by atoms with E-state index in [1.165, 1.54) is 0 Å². The van der Waals surface area contributed by atoms with Gasteiger partial charge in [-0.15, -0.1) is 0 Å². The minimum Gasteiger partial charge on any atom is -1.00 e. The van der Waals surface area contributed by atoms with E-state index in [0.717, 1.165) is 66.3 Å². The molecule has 4 atom stereocenters. The Hall–Kier alpha value is -0.292. The number of anilines is 4. The largest absolute Gasteiger partial charge is 1.00 e. The number of aromatic hydroxyl groups is 1. The number of hydrogen-bond donors (Lipinski definition) is 5. The molecule has 0 bridgehead atoms. The van der Waals surface area contributed by atoms with Crippen LogP contribution in [0.4, 0.5) is 22.7 Å². The zero-order valence-corrected chi connectivity index (χ0v) is 52.5. The van der Waals surface area contributed by atoms with E-state index in [1.807, 2.05) is 48.5 Å². The quantitative estimate of drug-likeness (QED) is 0.0292. The molecule has 15 nitrogen and oxygen atoms in total. The average Bonchev–Trinajstić information content (AvgIpc) is 3.46. The number of ether oxygens (including phenoxy) is 3. The van der Waals surface area contributed by atoms with Crippen molar-refractivity contribution in [2.45, 2.75) is 89.7 Å². The number of alkyl halides is 1. The molecule has 4 unspecified atom stereocenters. The molecule has 350 valence electrons. The number of nitrogens with two attached hydrogens (primary N) is 1. The number of phenolic OH excluding ortho intramolecular Hbond substituents is 1. The Morgan fingerprint density at radius 3 is 1.67 bits per heavy atom. The number of hydrogen-bond acceptors (Lipinski definition) is 14. The van der Waals surface area contributed by atoms with Gasteiger partial charge in [-0.1, -0.05) is 69.8 Å². The van der Waals surface area contributed by atoms with Crippen LogP contribution in [0.25, 0.3) is 0 Å². The third-order valence-corrected chi connectivity index (χ3v) is 12.7. The van der Waals surface area contributed by atoms with Crippen molar-refractivity contribution in [1.29, 1.82) is 0 Å². The van der Waals surface area contributed by atoms with Crippen LogP contribution >= 0.6 is 79.6 Å². The molecule has 4 aromatic carbocycles. The minimum absolute atomic E-state index is 0. The first kappa shape index (κ1) is 63.7. The molecule has 4 aliphatic rings. The molecule has 1 fully saturated rings. The third kappa shape index (κ3) is 20.8. The second kappa shape index (κ2) is 30.6. The minimum atomic E-state index is -0.409. The van der Waals surface area contributed by atoms with Crippen LogP contribution in [0.1, 0.15) is 56.8 Å². The smallest absolute Gasteiger partial charge is 1.00 e. The van der Waals surface area contributed by atoms with Crippen molar-refractivity contribution >= 4 is 132 Å². The van der Waals surface area contributed by atoms with E-state index in [9.17, 15) is 9.59 Å². The van der Waals surface area contributed by atoms with Crippen molar-refractivity contribution in [2.75, 3.05) is 34.8 Å². The van der Waals surface area contributed by atoms with Gasteiger partial charge in [-0.2, -0.15) is 0 Å². The second-order valence-electron chi connectivity index (χ2n) is 15.3. The van der Waals surface area contributed by atoms with Gasteiger partial charge in [-0.25, -0.2) is 0 Å². The first-order chi connectivity index (χ1) is 30.0. The fourth-order valence-electron chi connectivity index (χ4n) is 5.39. The van der Waals surface area contributed by atoms with Gasteiger partial charge in [0.1, 0.15) is 35.2 Å². The molecule has 1 amide bonds. The maximum Gasteiger partial charge on any atom is 1.00 e. The van der Waals surface area contributed by atoms with Crippen LogP contribution in [0.15, 0.2) is 86.2 Å². The van der Waals surface area contributed by atoms with Crippen LogP contribution in [0.5, 0.6) is 23.0 Å². The first-order valence-corrected chi connectivity index (χ1v) is 23.7. The number of nitrogen functional groups attached to an aromatic ring is 1. The summed E-state index contributed by atoms with van der Waals surface area (Å²) < 4.78 is 31.8. The van der Waals surface area contributed by atoms with Crippen molar-refractivity contribution in [3.63, 3.8) is 0 Å². The first-order valence-electron chi connectivity index (χ1n) is 19.6. The van der Waals surface area contributed by atoms with Crippen molar-refractivity contribution in [2.24, 2.45) is 0 Å². The van der Waals surface area contributed by atoms with Gasteiger partial charge in [0.15, 0.2) is 6.10 Å². The van der Waals surface area contributed by atoms with Gasteiger partial charge in [0.05, 0.1) is 51.9 Å². The molecule has 0 spiro atoms. The fourth-order valence-corrected chi connectivity index (χ4v) is 6.49. The number of carbonyl (C=O) groups is 3. The second-order valence-corrected chi connectivity index (χ2v) is 20.2. The van der Waals surface area contributed by atoms with Gasteiger partial charge in [0.2, 0.25) is 4.69 Å². The molecular weight excluding hydrogens is 1240 g/mol. The predicted octanol–water partition coefficient (Wildman–Crippen LogP) is 2.97. The maximum atomic E-state index is 11.2. The van der Waals surface area contributed by atoms with Crippen molar-refractivity contribution in [1.82, 2.24) is 0 Å². The van der Waals surface area contributed by atoms with Crippen LogP contribution in [0.3, 0.4) is 0 Å². The zero-order valence-electron chi connectivity index (χ0n) is 39.3. The summed E-state index contributed by atoms with van der Waals surface area (Å²) in [4.78, 5) is 32.4. The summed E-state index contributed by atoms with van der Waals surface area (Å²) in [6, 6.07) is 22.5. The van der Waals surface area contributed by atoms with E-state index in [2.05, 4.69) is 148 Å². The molecule has 4 heterocycles. The average molecular weight is 1290 g/mol. The van der Waals surface area contributed by atoms with Crippen molar-refractivity contribution < 1.29 is 157 Å². The molecular formula is C43H52BBr5K2N4O11. The monoisotopic (exact) mass is 1280 g/mol. The Bertz CT molecular complexity index is 2210. The molecule has 0 radical (unpaired) electrons. The molecule has 1 saturated heterocycles. The number of fused-ring (bicyclic) bond motifs is 3. The van der Waals surface area contributed by atoms with Crippen LogP contribution in [-0.4, -0.2) is 76.7 Å². The third-order valence-electron chi connectivity index (χ3n) is 9.50. The number of benzene rings is 4. The van der Waals surface area contributed by atoms with Crippen LogP contribution in [0, 0.1) is 0 Å². The van der Waals surface area contributed by atoms with Crippen LogP contribution < -0.4 is 149 Å². The molecule has 4 aliphatic heterocycles. The van der Waals surface area contributed by atoms with E-state index in [4.69, 9.17) is 44.4 Å². The molecule has 0 aliphatic carbocycles. The van der Waals surface area contributed by atoms with Crippen LogP contribution in [-0.2, 0) is 28.6 Å². The number of nitrogens with one attached hydrogen (secondary N) is 3. The number of phenols is 1. The summed E-state index contributed by atoms with van der Waals surface area (Å²) in [6.07, 6.45) is 0.0533. The van der Waals surface area contributed by atoms with E-state index < -0.39 is 6.10 Å². The van der Waals surface area contributed by atoms with Gasteiger partial charge in [-0.3, -0.25) is 14.4 Å². The summed E-state index contributed by atoms with van der Waals surface area (Å²) in [5.41, 5.74) is 8.93. The molecule has 0 saturated carbocycles.